The molecule has 0 aliphatic carbocycles. The van der Waals surface area contributed by atoms with Gasteiger partial charge >= 0.3 is 17.9 Å². The fourth-order valence-corrected chi connectivity index (χ4v) is 10.7. The summed E-state index contributed by atoms with van der Waals surface area (Å²) in [6.45, 7) is 6.53. The van der Waals surface area contributed by atoms with Crippen LogP contribution < -0.4 is 0 Å². The lowest BCUT2D eigenvalue weighted by Gasteiger charge is -2.18. The van der Waals surface area contributed by atoms with Crippen LogP contribution in [0.1, 0.15) is 380 Å². The van der Waals surface area contributed by atoms with Crippen molar-refractivity contribution in [2.24, 2.45) is 0 Å². The Labute approximate surface area is 516 Å². The van der Waals surface area contributed by atoms with E-state index in [0.29, 0.717) is 19.3 Å². The number of esters is 3. The quantitative estimate of drug-likeness (QED) is 0.0261. The average Bonchev–Trinajstić information content (AvgIpc) is 3.49. The van der Waals surface area contributed by atoms with Gasteiger partial charge in [-0.05, 0) is 109 Å². The summed E-state index contributed by atoms with van der Waals surface area (Å²) in [5, 5.41) is 0. The van der Waals surface area contributed by atoms with Crippen molar-refractivity contribution in [2.75, 3.05) is 13.2 Å². The third-order valence-corrected chi connectivity index (χ3v) is 16.2. The van der Waals surface area contributed by atoms with Crippen LogP contribution in [-0.2, 0) is 28.6 Å². The van der Waals surface area contributed by atoms with Gasteiger partial charge in [0.15, 0.2) is 6.10 Å². The number of allylic oxidation sites excluding steroid dienone is 12. The first-order valence-electron chi connectivity index (χ1n) is 36.4. The highest BCUT2D eigenvalue weighted by atomic mass is 16.6. The first kappa shape index (κ1) is 79.8. The SMILES string of the molecule is CC/C=C\C/C=C\C/C=C\C/C=C\CCCCCCC(=O)OC(COC(=O)CCCCCCC/C=C\CCCCCC)COC(=O)CCCCCCCCCCCCCCCCCCCCCCCCC/C=C\CCCCCCCCCC. The van der Waals surface area contributed by atoms with Crippen LogP contribution in [0, 0.1) is 0 Å². The smallest absolute Gasteiger partial charge is 0.306 e. The molecule has 0 saturated heterocycles. The van der Waals surface area contributed by atoms with Crippen molar-refractivity contribution in [3.8, 4) is 0 Å². The third-order valence-electron chi connectivity index (χ3n) is 16.2. The highest BCUT2D eigenvalue weighted by Crippen LogP contribution is 2.18. The first-order valence-corrected chi connectivity index (χ1v) is 36.4. The van der Waals surface area contributed by atoms with Gasteiger partial charge in [0.05, 0.1) is 0 Å². The van der Waals surface area contributed by atoms with E-state index in [1.54, 1.807) is 0 Å². The minimum atomic E-state index is -0.792. The average molecular weight is 1160 g/mol. The van der Waals surface area contributed by atoms with E-state index in [4.69, 9.17) is 14.2 Å². The number of ether oxygens (including phenoxy) is 3. The van der Waals surface area contributed by atoms with Crippen LogP contribution in [0.5, 0.6) is 0 Å². The topological polar surface area (TPSA) is 78.9 Å². The van der Waals surface area contributed by atoms with Gasteiger partial charge in [0.1, 0.15) is 13.2 Å². The summed E-state index contributed by atoms with van der Waals surface area (Å²) in [7, 11) is 0. The molecule has 0 N–H and O–H groups in total. The molecule has 83 heavy (non-hydrogen) atoms. The molecule has 1 unspecified atom stereocenters. The summed E-state index contributed by atoms with van der Waals surface area (Å²) in [5.41, 5.74) is 0. The van der Waals surface area contributed by atoms with Gasteiger partial charge in [-0.1, -0.05) is 325 Å². The van der Waals surface area contributed by atoms with E-state index in [1.807, 2.05) is 0 Å². The van der Waals surface area contributed by atoms with Gasteiger partial charge in [0.2, 0.25) is 0 Å². The molecule has 6 nitrogen and oxygen atoms in total. The fourth-order valence-electron chi connectivity index (χ4n) is 10.7. The van der Waals surface area contributed by atoms with E-state index in [2.05, 4.69) is 93.7 Å². The van der Waals surface area contributed by atoms with Crippen molar-refractivity contribution in [3.63, 3.8) is 0 Å². The van der Waals surface area contributed by atoms with Gasteiger partial charge in [-0.15, -0.1) is 0 Å². The molecule has 0 amide bonds. The molecule has 0 aromatic carbocycles. The number of hydrogen-bond acceptors (Lipinski definition) is 6. The molecular formula is C77H138O6. The van der Waals surface area contributed by atoms with Gasteiger partial charge < -0.3 is 14.2 Å². The Hall–Kier alpha value is -3.15. The molecule has 0 fully saturated rings. The minimum absolute atomic E-state index is 0.0849. The summed E-state index contributed by atoms with van der Waals surface area (Å²) in [4.78, 5) is 38.4. The highest BCUT2D eigenvalue weighted by molar-refractivity contribution is 5.71. The van der Waals surface area contributed by atoms with E-state index >= 15 is 0 Å². The maximum absolute atomic E-state index is 12.9. The monoisotopic (exact) mass is 1160 g/mol. The molecule has 0 bridgehead atoms. The van der Waals surface area contributed by atoms with Crippen molar-refractivity contribution in [2.45, 2.75) is 386 Å². The van der Waals surface area contributed by atoms with E-state index in [0.717, 1.165) is 103 Å². The number of carbonyl (C=O) groups is 3. The second-order valence-corrected chi connectivity index (χ2v) is 24.5. The van der Waals surface area contributed by atoms with Gasteiger partial charge in [0, 0.05) is 19.3 Å². The molecule has 6 heteroatoms. The van der Waals surface area contributed by atoms with Crippen molar-refractivity contribution in [3.05, 3.63) is 72.9 Å². The molecule has 0 radical (unpaired) electrons. The predicted molar refractivity (Wildman–Crippen MR) is 362 cm³/mol. The fraction of sp³-hybridized carbons (Fsp3) is 0.805. The summed E-state index contributed by atoms with van der Waals surface area (Å²) in [5.74, 6) is -0.900. The molecule has 0 rings (SSSR count). The van der Waals surface area contributed by atoms with Crippen LogP contribution in [0.15, 0.2) is 72.9 Å². The second-order valence-electron chi connectivity index (χ2n) is 24.5. The zero-order chi connectivity index (χ0) is 59.9. The van der Waals surface area contributed by atoms with Crippen LogP contribution in [0.4, 0.5) is 0 Å². The maximum Gasteiger partial charge on any atom is 0.306 e. The molecule has 0 aromatic rings. The maximum atomic E-state index is 12.9. The van der Waals surface area contributed by atoms with Gasteiger partial charge in [-0.3, -0.25) is 14.4 Å². The lowest BCUT2D eigenvalue weighted by molar-refractivity contribution is -0.167. The van der Waals surface area contributed by atoms with Crippen molar-refractivity contribution >= 4 is 17.9 Å². The molecule has 0 aromatic heterocycles. The summed E-state index contributed by atoms with van der Waals surface area (Å²) >= 11 is 0. The Bertz CT molecular complexity index is 1520. The van der Waals surface area contributed by atoms with Gasteiger partial charge in [0.25, 0.3) is 0 Å². The van der Waals surface area contributed by atoms with Crippen LogP contribution >= 0.6 is 0 Å². The van der Waals surface area contributed by atoms with Crippen LogP contribution in [-0.4, -0.2) is 37.2 Å². The largest absolute Gasteiger partial charge is 0.462 e. The Morgan fingerprint density at radius 3 is 0.759 bits per heavy atom. The number of carbonyl (C=O) groups excluding carboxylic acids is 3. The number of unbranched alkanes of at least 4 members (excludes halogenated alkanes) is 44. The minimum Gasteiger partial charge on any atom is -0.462 e. The predicted octanol–water partition coefficient (Wildman–Crippen LogP) is 25.2. The van der Waals surface area contributed by atoms with Crippen LogP contribution in [0.25, 0.3) is 0 Å². The standard InChI is InChI=1S/C77H138O6/c1-4-7-10-13-16-19-22-25-27-29-30-31-32-33-34-35-36-37-38-39-40-41-42-43-44-45-46-48-49-52-55-58-61-64-67-70-76(79)82-73-74(72-81-75(78)69-66-63-60-57-54-51-24-21-18-15-12-9-6-3)83-77(80)71-68-65-62-59-56-53-50-47-28-26-23-20-17-14-11-8-5-2/h8,11,17,20-21,24,26,28-30,50,53,74H,4-7,9-10,12-16,18-19,22-23,25,27,31-49,51-52,54-73H2,1-3H3/b11-8-,20-17-,24-21-,28-26-,30-29-,53-50-. The van der Waals surface area contributed by atoms with Crippen LogP contribution in [0.3, 0.4) is 0 Å². The highest BCUT2D eigenvalue weighted by Gasteiger charge is 2.19. The van der Waals surface area contributed by atoms with Crippen molar-refractivity contribution in [1.29, 1.82) is 0 Å². The Morgan fingerprint density at radius 1 is 0.253 bits per heavy atom. The molecule has 1 atom stereocenters. The Balaban J connectivity index is 4.11. The summed E-state index contributed by atoms with van der Waals surface area (Å²) < 4.78 is 16.9. The van der Waals surface area contributed by atoms with E-state index < -0.39 is 6.10 Å². The molecule has 0 aliphatic rings. The van der Waals surface area contributed by atoms with E-state index in [9.17, 15) is 14.4 Å². The lowest BCUT2D eigenvalue weighted by Crippen LogP contribution is -2.30. The second kappa shape index (κ2) is 71.3. The lowest BCUT2D eigenvalue weighted by atomic mass is 10.0. The Kier molecular flexibility index (Phi) is 68.6. The number of hydrogen-bond donors (Lipinski definition) is 0. The molecule has 0 aliphatic heterocycles. The normalized spacial score (nSPS) is 12.5. The van der Waals surface area contributed by atoms with Crippen molar-refractivity contribution < 1.29 is 28.6 Å². The molecule has 0 heterocycles. The zero-order valence-electron chi connectivity index (χ0n) is 55.5. The van der Waals surface area contributed by atoms with Crippen molar-refractivity contribution in [1.82, 2.24) is 0 Å². The summed E-state index contributed by atoms with van der Waals surface area (Å²) in [6.07, 6.45) is 93.9. The molecule has 482 valence electrons. The first-order chi connectivity index (χ1) is 41.0. The van der Waals surface area contributed by atoms with Crippen LogP contribution in [0.2, 0.25) is 0 Å². The van der Waals surface area contributed by atoms with E-state index in [1.165, 1.54) is 238 Å². The number of rotatable bonds is 67. The Morgan fingerprint density at radius 2 is 0.470 bits per heavy atom. The molecular weight excluding hydrogens is 1020 g/mol. The van der Waals surface area contributed by atoms with Gasteiger partial charge in [-0.2, -0.15) is 0 Å². The zero-order valence-corrected chi connectivity index (χ0v) is 55.5. The summed E-state index contributed by atoms with van der Waals surface area (Å²) in [6, 6.07) is 0. The van der Waals surface area contributed by atoms with E-state index in [-0.39, 0.29) is 31.1 Å². The third kappa shape index (κ3) is 69.5. The van der Waals surface area contributed by atoms with Gasteiger partial charge in [-0.25, -0.2) is 0 Å². The molecule has 0 saturated carbocycles. The molecule has 0 spiro atoms.